The molecule has 2 nitrogen and oxygen atoms in total. The van der Waals surface area contributed by atoms with Gasteiger partial charge in [0.15, 0.2) is 0 Å². The molecule has 0 heterocycles. The molecule has 22 heavy (non-hydrogen) atoms. The molecule has 0 unspecified atom stereocenters. The third-order valence-electron chi connectivity index (χ3n) is 3.23. The molecule has 0 saturated carbocycles. The van der Waals surface area contributed by atoms with Crippen LogP contribution in [0.1, 0.15) is 11.1 Å². The van der Waals surface area contributed by atoms with Crippen molar-refractivity contribution in [2.24, 2.45) is 0 Å². The number of hydrogen-bond acceptors (Lipinski definition) is 2. The number of rotatable bonds is 6. The molecule has 0 saturated heterocycles. The van der Waals surface area contributed by atoms with Gasteiger partial charge in [0, 0.05) is 12.1 Å². The fraction of sp³-hybridized carbons (Fsp3) is 0.100. The van der Waals surface area contributed by atoms with Crippen molar-refractivity contribution in [1.29, 1.82) is 0 Å². The van der Waals surface area contributed by atoms with Crippen LogP contribution in [0.3, 0.4) is 0 Å². The predicted molar refractivity (Wildman–Crippen MR) is 86.8 cm³/mol. The summed E-state index contributed by atoms with van der Waals surface area (Å²) < 4.78 is 11.5. The Morgan fingerprint density at radius 3 is 1.91 bits per heavy atom. The zero-order valence-corrected chi connectivity index (χ0v) is 12.2. The molecule has 0 aliphatic carbocycles. The minimum atomic E-state index is 0.527. The smallest absolute Gasteiger partial charge is 0.131 e. The zero-order chi connectivity index (χ0) is 15.0. The first-order valence-corrected chi connectivity index (χ1v) is 7.25. The maximum atomic E-state index is 5.78. The fourth-order valence-electron chi connectivity index (χ4n) is 2.07. The summed E-state index contributed by atoms with van der Waals surface area (Å²) in [6, 6.07) is 28.8. The van der Waals surface area contributed by atoms with Crippen molar-refractivity contribution >= 4 is 0 Å². The van der Waals surface area contributed by atoms with Gasteiger partial charge in [-0.2, -0.15) is 0 Å². The molecule has 0 aliphatic rings. The van der Waals surface area contributed by atoms with E-state index in [1.807, 2.05) is 78.9 Å². The van der Waals surface area contributed by atoms with E-state index in [1.165, 1.54) is 0 Å². The van der Waals surface area contributed by atoms with Crippen molar-refractivity contribution < 1.29 is 9.47 Å². The molecule has 0 bridgehead atoms. The average molecular weight is 289 g/mol. The van der Waals surface area contributed by atoms with Crippen molar-refractivity contribution in [3.8, 4) is 11.5 Å². The molecule has 0 fully saturated rings. The normalized spacial score (nSPS) is 10.2. The Kier molecular flexibility index (Phi) is 4.73. The van der Waals surface area contributed by atoms with E-state index in [9.17, 15) is 0 Å². The molecule has 0 N–H and O–H groups in total. The van der Waals surface area contributed by atoms with Gasteiger partial charge in [-0.3, -0.25) is 0 Å². The topological polar surface area (TPSA) is 18.5 Å². The first kappa shape index (κ1) is 14.2. The van der Waals surface area contributed by atoms with Gasteiger partial charge >= 0.3 is 0 Å². The van der Waals surface area contributed by atoms with E-state index in [4.69, 9.17) is 9.47 Å². The monoisotopic (exact) mass is 289 g/mol. The van der Waals surface area contributed by atoms with Crippen molar-refractivity contribution in [2.75, 3.05) is 0 Å². The number of hydrogen-bond donors (Lipinski definition) is 0. The Balaban J connectivity index is 1.58. The first-order chi connectivity index (χ1) is 10.9. The SMILES string of the molecule is [c]1ccc(OCc2ccccc2)cc1OCc1ccccc1. The molecule has 0 atom stereocenters. The Hall–Kier alpha value is -2.74. The van der Waals surface area contributed by atoms with E-state index < -0.39 is 0 Å². The molecule has 0 aromatic heterocycles. The van der Waals surface area contributed by atoms with Crippen LogP contribution in [-0.2, 0) is 13.2 Å². The molecular weight excluding hydrogens is 272 g/mol. The lowest BCUT2D eigenvalue weighted by Gasteiger charge is -2.09. The fourth-order valence-corrected chi connectivity index (χ4v) is 2.07. The van der Waals surface area contributed by atoms with Gasteiger partial charge < -0.3 is 9.47 Å². The second kappa shape index (κ2) is 7.32. The van der Waals surface area contributed by atoms with Gasteiger partial charge in [0.1, 0.15) is 24.7 Å². The molecule has 3 aromatic rings. The average Bonchev–Trinajstić information content (AvgIpc) is 2.60. The molecular formula is C20H17O2. The Morgan fingerprint density at radius 1 is 0.682 bits per heavy atom. The molecule has 0 spiro atoms. The highest BCUT2D eigenvalue weighted by atomic mass is 16.5. The number of benzene rings is 3. The van der Waals surface area contributed by atoms with Gasteiger partial charge in [0.25, 0.3) is 0 Å². The maximum Gasteiger partial charge on any atom is 0.131 e. The minimum absolute atomic E-state index is 0.527. The van der Waals surface area contributed by atoms with E-state index in [0.29, 0.717) is 19.0 Å². The van der Waals surface area contributed by atoms with Gasteiger partial charge in [0.2, 0.25) is 0 Å². The van der Waals surface area contributed by atoms with Crippen molar-refractivity contribution in [3.05, 3.63) is 96.1 Å². The van der Waals surface area contributed by atoms with Gasteiger partial charge in [-0.1, -0.05) is 60.7 Å². The second-order valence-corrected chi connectivity index (χ2v) is 4.94. The molecule has 1 radical (unpaired) electrons. The van der Waals surface area contributed by atoms with Gasteiger partial charge in [-0.05, 0) is 23.3 Å². The van der Waals surface area contributed by atoms with Gasteiger partial charge in [-0.25, -0.2) is 0 Å². The minimum Gasteiger partial charge on any atom is -0.489 e. The third-order valence-corrected chi connectivity index (χ3v) is 3.23. The maximum absolute atomic E-state index is 5.78. The van der Waals surface area contributed by atoms with Gasteiger partial charge in [-0.15, -0.1) is 0 Å². The highest BCUT2D eigenvalue weighted by Gasteiger charge is 2.00. The standard InChI is InChI=1S/C20H17O2/c1-3-8-17(9-4-1)15-21-19-12-7-13-20(14-19)22-16-18-10-5-2-6-11-18/h1-12,14H,15-16H2. The summed E-state index contributed by atoms with van der Waals surface area (Å²) in [6.45, 7) is 1.07. The zero-order valence-electron chi connectivity index (χ0n) is 12.2. The Labute approximate surface area is 131 Å². The first-order valence-electron chi connectivity index (χ1n) is 7.25. The summed E-state index contributed by atoms with van der Waals surface area (Å²) in [5.41, 5.74) is 2.27. The third kappa shape index (κ3) is 4.13. The van der Waals surface area contributed by atoms with Crippen LogP contribution in [0.2, 0.25) is 0 Å². The van der Waals surface area contributed by atoms with Crippen LogP contribution < -0.4 is 9.47 Å². The Morgan fingerprint density at radius 2 is 1.27 bits per heavy atom. The quantitative estimate of drug-likeness (QED) is 0.658. The Bertz CT molecular complexity index is 634. The van der Waals surface area contributed by atoms with E-state index in [0.717, 1.165) is 16.9 Å². The van der Waals surface area contributed by atoms with E-state index in [1.54, 1.807) is 0 Å². The predicted octanol–water partition coefficient (Wildman–Crippen LogP) is 4.64. The molecule has 2 heteroatoms. The lowest BCUT2D eigenvalue weighted by Crippen LogP contribution is -1.97. The summed E-state index contributed by atoms with van der Waals surface area (Å²) >= 11 is 0. The lowest BCUT2D eigenvalue weighted by atomic mass is 10.2. The van der Waals surface area contributed by atoms with E-state index >= 15 is 0 Å². The van der Waals surface area contributed by atoms with Crippen LogP contribution in [0.4, 0.5) is 0 Å². The summed E-state index contributed by atoms with van der Waals surface area (Å²) in [7, 11) is 0. The lowest BCUT2D eigenvalue weighted by molar-refractivity contribution is 0.289. The second-order valence-electron chi connectivity index (χ2n) is 4.94. The molecule has 0 amide bonds. The van der Waals surface area contributed by atoms with Crippen molar-refractivity contribution in [2.45, 2.75) is 13.2 Å². The molecule has 109 valence electrons. The number of ether oxygens (including phenoxy) is 2. The molecule has 0 aliphatic heterocycles. The van der Waals surface area contributed by atoms with Crippen LogP contribution in [-0.4, -0.2) is 0 Å². The van der Waals surface area contributed by atoms with Crippen LogP contribution in [0.5, 0.6) is 11.5 Å². The highest BCUT2D eigenvalue weighted by molar-refractivity contribution is 5.32. The van der Waals surface area contributed by atoms with E-state index in [-0.39, 0.29) is 0 Å². The highest BCUT2D eigenvalue weighted by Crippen LogP contribution is 2.20. The van der Waals surface area contributed by atoms with Crippen molar-refractivity contribution in [1.82, 2.24) is 0 Å². The van der Waals surface area contributed by atoms with Crippen LogP contribution >= 0.6 is 0 Å². The largest absolute Gasteiger partial charge is 0.489 e. The van der Waals surface area contributed by atoms with Crippen LogP contribution in [0, 0.1) is 6.07 Å². The van der Waals surface area contributed by atoms with Crippen LogP contribution in [0.15, 0.2) is 78.9 Å². The molecule has 3 aromatic carbocycles. The summed E-state index contributed by atoms with van der Waals surface area (Å²) in [4.78, 5) is 0. The summed E-state index contributed by atoms with van der Waals surface area (Å²) in [6.07, 6.45) is 0. The molecule has 3 rings (SSSR count). The van der Waals surface area contributed by atoms with Crippen LogP contribution in [0.25, 0.3) is 0 Å². The van der Waals surface area contributed by atoms with Gasteiger partial charge in [0.05, 0.1) is 0 Å². The van der Waals surface area contributed by atoms with Crippen molar-refractivity contribution in [3.63, 3.8) is 0 Å². The van der Waals surface area contributed by atoms with E-state index in [2.05, 4.69) is 6.07 Å². The summed E-state index contributed by atoms with van der Waals surface area (Å²) in [5, 5.41) is 0. The summed E-state index contributed by atoms with van der Waals surface area (Å²) in [5.74, 6) is 1.47.